The molecular formula is C30H50O. The molecule has 176 valence electrons. The van der Waals surface area contributed by atoms with Crippen LogP contribution in [0.1, 0.15) is 113 Å². The van der Waals surface area contributed by atoms with Gasteiger partial charge in [0.1, 0.15) is 0 Å². The minimum absolute atomic E-state index is 0.0533. The first-order valence-electron chi connectivity index (χ1n) is 13.7. The van der Waals surface area contributed by atoms with Gasteiger partial charge in [0.15, 0.2) is 0 Å². The van der Waals surface area contributed by atoms with Gasteiger partial charge < -0.3 is 5.11 Å². The van der Waals surface area contributed by atoms with Gasteiger partial charge >= 0.3 is 0 Å². The van der Waals surface area contributed by atoms with E-state index in [0.29, 0.717) is 27.6 Å². The van der Waals surface area contributed by atoms with E-state index in [-0.39, 0.29) is 11.5 Å². The Kier molecular flexibility index (Phi) is 4.82. The Morgan fingerprint density at radius 2 is 1.52 bits per heavy atom. The summed E-state index contributed by atoms with van der Waals surface area (Å²) in [5.74, 6) is 3.90. The molecular weight excluding hydrogens is 376 g/mol. The Morgan fingerprint density at radius 1 is 0.806 bits per heavy atom. The van der Waals surface area contributed by atoms with Crippen LogP contribution in [0.4, 0.5) is 0 Å². The molecule has 0 aromatic carbocycles. The minimum atomic E-state index is -0.125. The summed E-state index contributed by atoms with van der Waals surface area (Å²) in [6.45, 7) is 20.5. The first-order chi connectivity index (χ1) is 14.3. The predicted molar refractivity (Wildman–Crippen MR) is 131 cm³/mol. The lowest BCUT2D eigenvalue weighted by Crippen LogP contribution is -2.64. The first kappa shape index (κ1) is 22.5. The SMILES string of the molecule is C[C@H]1[C@H](C)CC[C@]2(C)CC[C@]3(C)C(=CC[C@@H]4[C@@]5(C)CC[C@H](O)C(C)(C)C5CC[C@]43C)[C@@H]12. The first-order valence-corrected chi connectivity index (χ1v) is 13.7. The van der Waals surface area contributed by atoms with Gasteiger partial charge in [0.25, 0.3) is 0 Å². The maximum absolute atomic E-state index is 10.9. The van der Waals surface area contributed by atoms with Crippen molar-refractivity contribution >= 4 is 0 Å². The van der Waals surface area contributed by atoms with Gasteiger partial charge in [-0.15, -0.1) is 0 Å². The molecule has 4 fully saturated rings. The number of allylic oxidation sites excluding steroid dienone is 2. The highest BCUT2D eigenvalue weighted by Gasteiger charge is 2.67. The summed E-state index contributed by atoms with van der Waals surface area (Å²) in [5, 5.41) is 10.9. The molecule has 0 heterocycles. The Morgan fingerprint density at radius 3 is 2.23 bits per heavy atom. The lowest BCUT2D eigenvalue weighted by molar-refractivity contribution is -0.203. The average molecular weight is 427 g/mol. The van der Waals surface area contributed by atoms with Crippen molar-refractivity contribution in [2.45, 2.75) is 119 Å². The molecule has 31 heavy (non-hydrogen) atoms. The summed E-state index contributed by atoms with van der Waals surface area (Å²) in [6.07, 6.45) is 14.5. The second kappa shape index (κ2) is 6.64. The van der Waals surface area contributed by atoms with Gasteiger partial charge in [-0.3, -0.25) is 0 Å². The highest BCUT2D eigenvalue weighted by atomic mass is 16.3. The van der Waals surface area contributed by atoms with E-state index in [0.717, 1.165) is 30.1 Å². The van der Waals surface area contributed by atoms with Crippen LogP contribution in [-0.2, 0) is 0 Å². The molecule has 5 rings (SSSR count). The van der Waals surface area contributed by atoms with Crippen LogP contribution in [-0.4, -0.2) is 11.2 Å². The normalized spacial score (nSPS) is 58.3. The van der Waals surface area contributed by atoms with E-state index >= 15 is 0 Å². The number of hydrogen-bond acceptors (Lipinski definition) is 1. The van der Waals surface area contributed by atoms with E-state index < -0.39 is 0 Å². The van der Waals surface area contributed by atoms with Crippen LogP contribution in [0.25, 0.3) is 0 Å². The molecule has 4 saturated carbocycles. The van der Waals surface area contributed by atoms with Crippen LogP contribution < -0.4 is 0 Å². The lowest BCUT2D eigenvalue weighted by atomic mass is 9.33. The van der Waals surface area contributed by atoms with Crippen molar-refractivity contribution in [1.82, 2.24) is 0 Å². The van der Waals surface area contributed by atoms with Gasteiger partial charge in [0.05, 0.1) is 6.10 Å². The summed E-state index contributed by atoms with van der Waals surface area (Å²) in [6, 6.07) is 0. The van der Waals surface area contributed by atoms with Gasteiger partial charge in [-0.05, 0) is 114 Å². The number of fused-ring (bicyclic) bond motifs is 7. The standard InChI is InChI=1S/C30H50O/c1-19-11-14-27(5)17-18-29(7)21(25(27)20(19)2)9-10-23-28(6)15-13-24(31)26(3,4)22(28)12-16-30(23,29)8/h9,19-20,22-25,31H,10-18H2,1-8H3/t19-,20+,22?,23-,24+,25-,27-,28+,29-,30-/m1/s1. The summed E-state index contributed by atoms with van der Waals surface area (Å²) in [5.41, 5.74) is 3.60. The topological polar surface area (TPSA) is 20.2 Å². The largest absolute Gasteiger partial charge is 0.393 e. The molecule has 0 saturated heterocycles. The summed E-state index contributed by atoms with van der Waals surface area (Å²) < 4.78 is 0. The van der Waals surface area contributed by atoms with Crippen molar-refractivity contribution in [3.05, 3.63) is 11.6 Å². The molecule has 0 amide bonds. The zero-order valence-corrected chi connectivity index (χ0v) is 21.9. The molecule has 0 spiro atoms. The molecule has 1 unspecified atom stereocenters. The van der Waals surface area contributed by atoms with Crippen LogP contribution in [0, 0.1) is 56.7 Å². The van der Waals surface area contributed by atoms with Crippen LogP contribution in [0.2, 0.25) is 0 Å². The fraction of sp³-hybridized carbons (Fsp3) is 0.933. The fourth-order valence-corrected chi connectivity index (χ4v) is 10.8. The fourth-order valence-electron chi connectivity index (χ4n) is 10.8. The van der Waals surface area contributed by atoms with E-state index in [1.165, 1.54) is 51.4 Å². The van der Waals surface area contributed by atoms with Crippen molar-refractivity contribution in [2.75, 3.05) is 0 Å². The highest BCUT2D eigenvalue weighted by Crippen LogP contribution is 2.75. The Labute approximate surface area is 192 Å². The van der Waals surface area contributed by atoms with E-state index in [1.807, 2.05) is 5.57 Å². The van der Waals surface area contributed by atoms with Gasteiger partial charge in [0, 0.05) is 0 Å². The third kappa shape index (κ3) is 2.65. The molecule has 10 atom stereocenters. The number of rotatable bonds is 0. The van der Waals surface area contributed by atoms with Crippen molar-refractivity contribution in [3.63, 3.8) is 0 Å². The molecule has 0 aromatic rings. The zero-order chi connectivity index (χ0) is 22.6. The summed E-state index contributed by atoms with van der Waals surface area (Å²) in [4.78, 5) is 0. The van der Waals surface area contributed by atoms with Gasteiger partial charge in [-0.25, -0.2) is 0 Å². The Hall–Kier alpha value is -0.300. The molecule has 0 aromatic heterocycles. The molecule has 0 radical (unpaired) electrons. The second-order valence-electron chi connectivity index (χ2n) is 14.7. The maximum Gasteiger partial charge on any atom is 0.0594 e. The average Bonchev–Trinajstić information content (AvgIpc) is 2.69. The third-order valence-corrected chi connectivity index (χ3v) is 13.4. The molecule has 1 heteroatoms. The number of aliphatic hydroxyl groups excluding tert-OH is 1. The molecule has 0 aliphatic heterocycles. The summed E-state index contributed by atoms with van der Waals surface area (Å²) >= 11 is 0. The molecule has 0 bridgehead atoms. The lowest BCUT2D eigenvalue weighted by Gasteiger charge is -2.71. The van der Waals surface area contributed by atoms with E-state index in [9.17, 15) is 5.11 Å². The van der Waals surface area contributed by atoms with Gasteiger partial charge in [0.2, 0.25) is 0 Å². The number of aliphatic hydroxyl groups is 1. The van der Waals surface area contributed by atoms with Gasteiger partial charge in [-0.2, -0.15) is 0 Å². The molecule has 1 N–H and O–H groups in total. The van der Waals surface area contributed by atoms with Crippen molar-refractivity contribution in [1.29, 1.82) is 0 Å². The van der Waals surface area contributed by atoms with Crippen LogP contribution in [0.5, 0.6) is 0 Å². The van der Waals surface area contributed by atoms with Crippen molar-refractivity contribution < 1.29 is 5.11 Å². The zero-order valence-electron chi connectivity index (χ0n) is 21.9. The Balaban J connectivity index is 1.59. The van der Waals surface area contributed by atoms with Crippen molar-refractivity contribution in [2.24, 2.45) is 56.7 Å². The monoisotopic (exact) mass is 426 g/mol. The quantitative estimate of drug-likeness (QED) is 0.389. The summed E-state index contributed by atoms with van der Waals surface area (Å²) in [7, 11) is 0. The molecule has 1 nitrogen and oxygen atoms in total. The van der Waals surface area contributed by atoms with E-state index in [1.54, 1.807) is 0 Å². The minimum Gasteiger partial charge on any atom is -0.393 e. The third-order valence-electron chi connectivity index (χ3n) is 13.4. The predicted octanol–water partition coefficient (Wildman–Crippen LogP) is 8.02. The highest BCUT2D eigenvalue weighted by molar-refractivity contribution is 5.33. The van der Waals surface area contributed by atoms with Crippen LogP contribution >= 0.6 is 0 Å². The molecule has 5 aliphatic carbocycles. The number of hydrogen-bond donors (Lipinski definition) is 1. The van der Waals surface area contributed by atoms with E-state index in [4.69, 9.17) is 0 Å². The van der Waals surface area contributed by atoms with E-state index in [2.05, 4.69) is 61.5 Å². The smallest absolute Gasteiger partial charge is 0.0594 e. The molecule has 5 aliphatic rings. The van der Waals surface area contributed by atoms with Crippen LogP contribution in [0.3, 0.4) is 0 Å². The van der Waals surface area contributed by atoms with Crippen molar-refractivity contribution in [3.8, 4) is 0 Å². The maximum atomic E-state index is 10.9. The second-order valence-corrected chi connectivity index (χ2v) is 14.7. The Bertz CT molecular complexity index is 779. The van der Waals surface area contributed by atoms with Gasteiger partial charge in [-0.1, -0.05) is 67.0 Å². The van der Waals surface area contributed by atoms with Crippen LogP contribution in [0.15, 0.2) is 11.6 Å².